The average Bonchev–Trinajstić information content (AvgIpc) is 2.90. The van der Waals surface area contributed by atoms with Gasteiger partial charge in [-0.25, -0.2) is 0 Å². The topological polar surface area (TPSA) is 36.9 Å². The van der Waals surface area contributed by atoms with Crippen molar-refractivity contribution < 1.29 is 18.9 Å². The van der Waals surface area contributed by atoms with Gasteiger partial charge in [-0.3, -0.25) is 0 Å². The van der Waals surface area contributed by atoms with Gasteiger partial charge in [0, 0.05) is 11.1 Å². The molecule has 0 heterocycles. The van der Waals surface area contributed by atoms with Gasteiger partial charge in [0.15, 0.2) is 23.0 Å². The monoisotopic (exact) mass is 440 g/mol. The van der Waals surface area contributed by atoms with Crippen molar-refractivity contribution in [3.8, 4) is 23.0 Å². The molecule has 33 heavy (non-hydrogen) atoms. The minimum atomic E-state index is -0.776. The first kappa shape index (κ1) is 22.3. The maximum absolute atomic E-state index is 5.97. The summed E-state index contributed by atoms with van der Waals surface area (Å²) < 4.78 is 23.3. The van der Waals surface area contributed by atoms with E-state index in [9.17, 15) is 0 Å². The molecule has 0 aliphatic rings. The van der Waals surface area contributed by atoms with Crippen molar-refractivity contribution in [1.29, 1.82) is 0 Å². The van der Waals surface area contributed by atoms with Crippen LogP contribution in [0.15, 0.2) is 97.1 Å². The van der Waals surface area contributed by atoms with Gasteiger partial charge in [0.05, 0.1) is 33.9 Å². The highest BCUT2D eigenvalue weighted by atomic mass is 16.5. The summed E-state index contributed by atoms with van der Waals surface area (Å²) in [6.07, 6.45) is 0. The van der Waals surface area contributed by atoms with Crippen molar-refractivity contribution in [1.82, 2.24) is 0 Å². The van der Waals surface area contributed by atoms with E-state index in [0.29, 0.717) is 23.0 Å². The molecule has 0 bridgehead atoms. The van der Waals surface area contributed by atoms with E-state index in [-0.39, 0.29) is 0 Å². The second kappa shape index (κ2) is 9.70. The molecule has 4 heteroatoms. The van der Waals surface area contributed by atoms with Crippen molar-refractivity contribution >= 4 is 0 Å². The highest BCUT2D eigenvalue weighted by molar-refractivity contribution is 5.69. The summed E-state index contributed by atoms with van der Waals surface area (Å²) in [5.41, 5.74) is 3.23. The fraction of sp³-hybridized carbons (Fsp3) is 0.172. The highest BCUT2D eigenvalue weighted by Gasteiger charge is 2.43. The zero-order chi connectivity index (χ0) is 23.3. The van der Waals surface area contributed by atoms with Crippen LogP contribution < -0.4 is 18.9 Å². The molecule has 0 radical (unpaired) electrons. The molecule has 0 fully saturated rings. The summed E-state index contributed by atoms with van der Waals surface area (Å²) in [7, 11) is 6.65. The summed E-state index contributed by atoms with van der Waals surface area (Å²) in [6, 6.07) is 32.7. The zero-order valence-electron chi connectivity index (χ0n) is 19.4. The molecule has 4 aromatic rings. The molecule has 0 aliphatic carbocycles. The number of rotatable bonds is 8. The maximum atomic E-state index is 5.97. The van der Waals surface area contributed by atoms with Crippen molar-refractivity contribution in [2.75, 3.05) is 28.4 Å². The normalized spacial score (nSPS) is 11.0. The van der Waals surface area contributed by atoms with Crippen molar-refractivity contribution in [3.05, 3.63) is 119 Å². The molecule has 0 atom stereocenters. The van der Waals surface area contributed by atoms with Crippen LogP contribution in [-0.4, -0.2) is 28.4 Å². The number of para-hydroxylation sites is 2. The van der Waals surface area contributed by atoms with Gasteiger partial charge in [-0.1, -0.05) is 84.9 Å². The van der Waals surface area contributed by atoms with Gasteiger partial charge in [0.1, 0.15) is 0 Å². The Balaban J connectivity index is 2.26. The van der Waals surface area contributed by atoms with E-state index in [1.165, 1.54) is 0 Å². The summed E-state index contributed by atoms with van der Waals surface area (Å²) in [5.74, 6) is 2.65. The van der Waals surface area contributed by atoms with E-state index in [2.05, 4.69) is 36.4 Å². The molecule has 168 valence electrons. The smallest absolute Gasteiger partial charge is 0.165 e. The minimum absolute atomic E-state index is 0.660. The van der Waals surface area contributed by atoms with Gasteiger partial charge < -0.3 is 18.9 Å². The van der Waals surface area contributed by atoms with Gasteiger partial charge in [0.25, 0.3) is 0 Å². The summed E-state index contributed by atoms with van der Waals surface area (Å²) >= 11 is 0. The Labute approximate surface area is 195 Å². The number of benzene rings is 4. The Bertz CT molecular complexity index is 1110. The molecule has 0 aliphatic heterocycles. The van der Waals surface area contributed by atoms with Crippen LogP contribution in [0.1, 0.15) is 22.3 Å². The predicted molar refractivity (Wildman–Crippen MR) is 131 cm³/mol. The molecular weight excluding hydrogens is 412 g/mol. The molecular formula is C29H28O4. The van der Waals surface area contributed by atoms with Gasteiger partial charge >= 0.3 is 0 Å². The van der Waals surface area contributed by atoms with Crippen LogP contribution in [0, 0.1) is 0 Å². The van der Waals surface area contributed by atoms with Crippen LogP contribution in [0.5, 0.6) is 23.0 Å². The Morgan fingerprint density at radius 3 is 1.15 bits per heavy atom. The van der Waals surface area contributed by atoms with Crippen LogP contribution in [0.3, 0.4) is 0 Å². The molecule has 0 unspecified atom stereocenters. The fourth-order valence-electron chi connectivity index (χ4n) is 4.67. The van der Waals surface area contributed by atoms with E-state index in [1.807, 2.05) is 60.7 Å². The SMILES string of the molecule is COc1cccc(C(c2ccccc2)(c2ccccc2)c2cccc(OC)c2OC)c1OC. The van der Waals surface area contributed by atoms with Crippen LogP contribution in [0.2, 0.25) is 0 Å². The minimum Gasteiger partial charge on any atom is -0.493 e. The number of hydrogen-bond acceptors (Lipinski definition) is 4. The molecule has 0 aromatic heterocycles. The molecule has 4 nitrogen and oxygen atoms in total. The number of hydrogen-bond donors (Lipinski definition) is 0. The van der Waals surface area contributed by atoms with E-state index in [4.69, 9.17) is 18.9 Å². The van der Waals surface area contributed by atoms with E-state index in [0.717, 1.165) is 22.3 Å². The van der Waals surface area contributed by atoms with Crippen LogP contribution >= 0.6 is 0 Å². The number of ether oxygens (including phenoxy) is 4. The molecule has 0 saturated carbocycles. The summed E-state index contributed by atoms with van der Waals surface area (Å²) in [4.78, 5) is 0. The third-order valence-corrected chi connectivity index (χ3v) is 6.03. The lowest BCUT2D eigenvalue weighted by molar-refractivity contribution is 0.342. The first-order chi connectivity index (χ1) is 16.2. The van der Waals surface area contributed by atoms with E-state index < -0.39 is 5.41 Å². The summed E-state index contributed by atoms with van der Waals surface area (Å²) in [5, 5.41) is 0. The third-order valence-electron chi connectivity index (χ3n) is 6.03. The quantitative estimate of drug-likeness (QED) is 0.310. The second-order valence-corrected chi connectivity index (χ2v) is 7.56. The third kappa shape index (κ3) is 3.68. The lowest BCUT2D eigenvalue weighted by Crippen LogP contribution is -2.32. The average molecular weight is 441 g/mol. The molecule has 0 N–H and O–H groups in total. The molecule has 4 rings (SSSR count). The van der Waals surface area contributed by atoms with Crippen molar-refractivity contribution in [3.63, 3.8) is 0 Å². The molecule has 0 spiro atoms. The molecule has 4 aromatic carbocycles. The summed E-state index contributed by atoms with van der Waals surface area (Å²) in [6.45, 7) is 0. The van der Waals surface area contributed by atoms with E-state index in [1.54, 1.807) is 28.4 Å². The largest absolute Gasteiger partial charge is 0.493 e. The lowest BCUT2D eigenvalue weighted by Gasteiger charge is -2.38. The van der Waals surface area contributed by atoms with Gasteiger partial charge in [-0.05, 0) is 23.3 Å². The Morgan fingerprint density at radius 1 is 0.424 bits per heavy atom. The first-order valence-electron chi connectivity index (χ1n) is 10.8. The maximum Gasteiger partial charge on any atom is 0.165 e. The second-order valence-electron chi connectivity index (χ2n) is 7.56. The van der Waals surface area contributed by atoms with E-state index >= 15 is 0 Å². The highest BCUT2D eigenvalue weighted by Crippen LogP contribution is 2.54. The Kier molecular flexibility index (Phi) is 6.55. The number of methoxy groups -OCH3 is 4. The van der Waals surface area contributed by atoms with Crippen LogP contribution in [0.25, 0.3) is 0 Å². The molecule has 0 saturated heterocycles. The fourth-order valence-corrected chi connectivity index (χ4v) is 4.67. The van der Waals surface area contributed by atoms with Crippen LogP contribution in [0.4, 0.5) is 0 Å². The van der Waals surface area contributed by atoms with Gasteiger partial charge in [-0.15, -0.1) is 0 Å². The van der Waals surface area contributed by atoms with Gasteiger partial charge in [-0.2, -0.15) is 0 Å². The van der Waals surface area contributed by atoms with Crippen molar-refractivity contribution in [2.45, 2.75) is 5.41 Å². The van der Waals surface area contributed by atoms with Crippen LogP contribution in [-0.2, 0) is 5.41 Å². The standard InChI is InChI=1S/C29H28O4/c1-30-25-19-11-17-23(27(25)32-3)29(21-13-7-5-8-14-21,22-15-9-6-10-16-22)24-18-12-20-26(31-2)28(24)33-4/h5-20H,1-4H3. The Morgan fingerprint density at radius 2 is 0.818 bits per heavy atom. The van der Waals surface area contributed by atoms with Crippen molar-refractivity contribution in [2.24, 2.45) is 0 Å². The van der Waals surface area contributed by atoms with Gasteiger partial charge in [0.2, 0.25) is 0 Å². The zero-order valence-corrected chi connectivity index (χ0v) is 19.4. The Hall–Kier alpha value is -3.92. The predicted octanol–water partition coefficient (Wildman–Crippen LogP) is 6.10. The molecule has 0 amide bonds. The first-order valence-corrected chi connectivity index (χ1v) is 10.8. The lowest BCUT2D eigenvalue weighted by atomic mass is 9.64.